The van der Waals surface area contributed by atoms with Crippen molar-refractivity contribution in [2.24, 2.45) is 0 Å². The quantitative estimate of drug-likeness (QED) is 0.894. The normalized spacial score (nSPS) is 17.7. The Hall–Kier alpha value is -2.86. The Bertz CT molecular complexity index is 736. The van der Waals surface area contributed by atoms with Crippen LogP contribution in [0.2, 0.25) is 0 Å². The van der Waals surface area contributed by atoms with Crippen LogP contribution in [-0.2, 0) is 22.7 Å². The number of carboxylic acids is 1. The van der Waals surface area contributed by atoms with Crippen LogP contribution in [-0.4, -0.2) is 52.6 Å². The van der Waals surface area contributed by atoms with Gasteiger partial charge in [0.25, 0.3) is 0 Å². The van der Waals surface area contributed by atoms with Crippen LogP contribution in [0, 0.1) is 0 Å². The van der Waals surface area contributed by atoms with Crippen molar-refractivity contribution in [1.29, 1.82) is 0 Å². The van der Waals surface area contributed by atoms with Crippen LogP contribution in [0.3, 0.4) is 0 Å². The summed E-state index contributed by atoms with van der Waals surface area (Å²) in [5, 5.41) is 9.55. The van der Waals surface area contributed by atoms with Crippen molar-refractivity contribution in [1.82, 2.24) is 9.80 Å². The molecule has 1 fully saturated rings. The van der Waals surface area contributed by atoms with Crippen LogP contribution in [0.4, 0.5) is 4.79 Å². The summed E-state index contributed by atoms with van der Waals surface area (Å²) >= 11 is 0. The SMILES string of the molecule is O=C(O)C1CN(Cc2ccccc2)CCN1C(=O)OCc1ccccc1. The van der Waals surface area contributed by atoms with Crippen molar-refractivity contribution in [3.05, 3.63) is 71.8 Å². The first kappa shape index (κ1) is 17.9. The van der Waals surface area contributed by atoms with E-state index in [1.165, 1.54) is 4.90 Å². The van der Waals surface area contributed by atoms with Gasteiger partial charge in [-0.2, -0.15) is 0 Å². The van der Waals surface area contributed by atoms with Crippen LogP contribution in [0.15, 0.2) is 60.7 Å². The molecule has 0 aliphatic carbocycles. The predicted molar refractivity (Wildman–Crippen MR) is 96.5 cm³/mol. The molecule has 1 amide bonds. The zero-order valence-electron chi connectivity index (χ0n) is 14.5. The molecule has 1 aliphatic rings. The van der Waals surface area contributed by atoms with Crippen LogP contribution in [0.5, 0.6) is 0 Å². The summed E-state index contributed by atoms with van der Waals surface area (Å²) in [6.07, 6.45) is -0.583. The maximum Gasteiger partial charge on any atom is 0.410 e. The summed E-state index contributed by atoms with van der Waals surface area (Å²) in [6.45, 7) is 2.02. The molecule has 6 heteroatoms. The van der Waals surface area contributed by atoms with E-state index < -0.39 is 18.1 Å². The lowest BCUT2D eigenvalue weighted by Crippen LogP contribution is -2.58. The van der Waals surface area contributed by atoms with E-state index in [1.54, 1.807) is 0 Å². The second kappa shape index (κ2) is 8.49. The largest absolute Gasteiger partial charge is 0.480 e. The summed E-state index contributed by atoms with van der Waals surface area (Å²) in [6, 6.07) is 18.3. The number of aliphatic carboxylic acids is 1. The molecule has 0 aromatic heterocycles. The third-order valence-corrected chi connectivity index (χ3v) is 4.44. The number of piperazine rings is 1. The lowest BCUT2D eigenvalue weighted by Gasteiger charge is -2.38. The van der Waals surface area contributed by atoms with Gasteiger partial charge in [0.1, 0.15) is 12.6 Å². The van der Waals surface area contributed by atoms with Crippen molar-refractivity contribution in [2.75, 3.05) is 19.6 Å². The number of amides is 1. The predicted octanol–water partition coefficient (Wildman–Crippen LogP) is 2.59. The molecule has 0 spiro atoms. The number of hydrogen-bond acceptors (Lipinski definition) is 4. The Morgan fingerprint density at radius 2 is 1.58 bits per heavy atom. The highest BCUT2D eigenvalue weighted by molar-refractivity contribution is 5.80. The average Bonchev–Trinajstić information content (AvgIpc) is 2.67. The van der Waals surface area contributed by atoms with Gasteiger partial charge in [-0.05, 0) is 11.1 Å². The molecule has 26 heavy (non-hydrogen) atoms. The first-order valence-electron chi connectivity index (χ1n) is 8.60. The second-order valence-corrected chi connectivity index (χ2v) is 6.31. The molecule has 0 bridgehead atoms. The number of rotatable bonds is 5. The fraction of sp³-hybridized carbons (Fsp3) is 0.300. The summed E-state index contributed by atoms with van der Waals surface area (Å²) in [4.78, 5) is 27.4. The number of carboxylic acid groups (broad SMARTS) is 1. The number of carbonyl (C=O) groups is 2. The van der Waals surface area contributed by atoms with E-state index in [4.69, 9.17) is 4.74 Å². The van der Waals surface area contributed by atoms with Crippen LogP contribution in [0.25, 0.3) is 0 Å². The van der Waals surface area contributed by atoms with Crippen molar-refractivity contribution in [3.63, 3.8) is 0 Å². The van der Waals surface area contributed by atoms with Gasteiger partial charge in [0.15, 0.2) is 0 Å². The Labute approximate surface area is 152 Å². The van der Waals surface area contributed by atoms with E-state index in [2.05, 4.69) is 4.90 Å². The maximum absolute atomic E-state index is 12.4. The molecule has 1 N–H and O–H groups in total. The van der Waals surface area contributed by atoms with Gasteiger partial charge in [-0.25, -0.2) is 9.59 Å². The number of hydrogen-bond donors (Lipinski definition) is 1. The first-order chi connectivity index (χ1) is 12.6. The molecule has 2 aromatic carbocycles. The highest BCUT2D eigenvalue weighted by Crippen LogP contribution is 2.15. The van der Waals surface area contributed by atoms with E-state index in [9.17, 15) is 14.7 Å². The monoisotopic (exact) mass is 354 g/mol. The molecule has 3 rings (SSSR count). The van der Waals surface area contributed by atoms with E-state index >= 15 is 0 Å². The van der Waals surface area contributed by atoms with Crippen molar-refractivity contribution < 1.29 is 19.4 Å². The van der Waals surface area contributed by atoms with E-state index in [0.29, 0.717) is 19.6 Å². The minimum atomic E-state index is -1.01. The van der Waals surface area contributed by atoms with E-state index in [-0.39, 0.29) is 13.2 Å². The number of nitrogens with zero attached hydrogens (tertiary/aromatic N) is 2. The number of carbonyl (C=O) groups excluding carboxylic acids is 1. The Balaban J connectivity index is 1.59. The molecule has 6 nitrogen and oxygen atoms in total. The van der Waals surface area contributed by atoms with Gasteiger partial charge in [-0.3, -0.25) is 9.80 Å². The average molecular weight is 354 g/mol. The van der Waals surface area contributed by atoms with Crippen molar-refractivity contribution >= 4 is 12.1 Å². The molecule has 1 aliphatic heterocycles. The molecule has 1 unspecified atom stereocenters. The fourth-order valence-electron chi connectivity index (χ4n) is 3.06. The van der Waals surface area contributed by atoms with Crippen molar-refractivity contribution in [3.8, 4) is 0 Å². The summed E-state index contributed by atoms with van der Waals surface area (Å²) in [5.41, 5.74) is 1.99. The van der Waals surface area contributed by atoms with E-state index in [1.807, 2.05) is 60.7 Å². The second-order valence-electron chi connectivity index (χ2n) is 6.31. The summed E-state index contributed by atoms with van der Waals surface area (Å²) in [7, 11) is 0. The summed E-state index contributed by atoms with van der Waals surface area (Å²) < 4.78 is 5.31. The van der Waals surface area contributed by atoms with Gasteiger partial charge in [-0.1, -0.05) is 60.7 Å². The molecule has 0 saturated carbocycles. The highest BCUT2D eigenvalue weighted by Gasteiger charge is 2.36. The van der Waals surface area contributed by atoms with Gasteiger partial charge in [0, 0.05) is 26.2 Å². The van der Waals surface area contributed by atoms with Gasteiger partial charge < -0.3 is 9.84 Å². The van der Waals surface area contributed by atoms with Gasteiger partial charge in [-0.15, -0.1) is 0 Å². The minimum absolute atomic E-state index is 0.135. The lowest BCUT2D eigenvalue weighted by molar-refractivity contribution is -0.145. The highest BCUT2D eigenvalue weighted by atomic mass is 16.6. The lowest BCUT2D eigenvalue weighted by atomic mass is 10.1. The van der Waals surface area contributed by atoms with Crippen LogP contribution in [0.1, 0.15) is 11.1 Å². The molecular weight excluding hydrogens is 332 g/mol. The van der Waals surface area contributed by atoms with Gasteiger partial charge in [0.2, 0.25) is 0 Å². The third-order valence-electron chi connectivity index (χ3n) is 4.44. The van der Waals surface area contributed by atoms with Crippen LogP contribution < -0.4 is 0 Å². The first-order valence-corrected chi connectivity index (χ1v) is 8.60. The van der Waals surface area contributed by atoms with Crippen molar-refractivity contribution in [2.45, 2.75) is 19.2 Å². The molecule has 0 radical (unpaired) electrons. The zero-order valence-corrected chi connectivity index (χ0v) is 14.5. The third kappa shape index (κ3) is 4.61. The molecule has 136 valence electrons. The molecule has 1 atom stereocenters. The molecular formula is C20H22N2O4. The maximum atomic E-state index is 12.4. The standard InChI is InChI=1S/C20H22N2O4/c23-19(24)18-14-21(13-16-7-3-1-4-8-16)11-12-22(18)20(25)26-15-17-9-5-2-6-10-17/h1-10,18H,11-15H2,(H,23,24). The number of benzene rings is 2. The molecule has 1 saturated heterocycles. The summed E-state index contributed by atoms with van der Waals surface area (Å²) in [5.74, 6) is -1.01. The number of ether oxygens (including phenoxy) is 1. The van der Waals surface area contributed by atoms with Crippen LogP contribution >= 0.6 is 0 Å². The minimum Gasteiger partial charge on any atom is -0.480 e. The Kier molecular flexibility index (Phi) is 5.86. The smallest absolute Gasteiger partial charge is 0.410 e. The van der Waals surface area contributed by atoms with Gasteiger partial charge in [0.05, 0.1) is 0 Å². The topological polar surface area (TPSA) is 70.1 Å². The Morgan fingerprint density at radius 3 is 2.19 bits per heavy atom. The van der Waals surface area contributed by atoms with E-state index in [0.717, 1.165) is 11.1 Å². The fourth-order valence-corrected chi connectivity index (χ4v) is 3.06. The molecule has 2 aromatic rings. The van der Waals surface area contributed by atoms with Gasteiger partial charge >= 0.3 is 12.1 Å². The Morgan fingerprint density at radius 1 is 0.962 bits per heavy atom. The molecule has 1 heterocycles. The zero-order chi connectivity index (χ0) is 18.4.